The number of halogens is 1. The number of hydrogen-bond acceptors (Lipinski definition) is 4. The van der Waals surface area contributed by atoms with Gasteiger partial charge in [-0.15, -0.1) is 0 Å². The lowest BCUT2D eigenvalue weighted by atomic mass is 9.85. The van der Waals surface area contributed by atoms with Crippen molar-refractivity contribution >= 4 is 17.3 Å². The number of benzene rings is 1. The van der Waals surface area contributed by atoms with E-state index < -0.39 is 22.6 Å². The largest absolute Gasteiger partial charge is 0.481 e. The minimum atomic E-state index is -0.842. The summed E-state index contributed by atoms with van der Waals surface area (Å²) in [5.74, 6) is -1.94. The minimum absolute atomic E-state index is 0.144. The fourth-order valence-corrected chi connectivity index (χ4v) is 2.54. The lowest BCUT2D eigenvalue weighted by molar-refractivity contribution is -0.384. The number of carbonyl (C=O) groups is 1. The summed E-state index contributed by atoms with van der Waals surface area (Å²) < 4.78 is 13.0. The quantitative estimate of drug-likeness (QED) is 0.654. The fraction of sp³-hybridized carbons (Fsp3) is 0.462. The lowest BCUT2D eigenvalue weighted by Gasteiger charge is -2.28. The standard InChI is InChI=1S/C13H15FN2O4/c14-9-4-5-11(12(7-9)16(19)20)15-10-3-1-2-8(6-10)13(17)18/h4-5,7-8,10,15H,1-3,6H2,(H,17,18). The predicted molar refractivity (Wildman–Crippen MR) is 70.1 cm³/mol. The third-order valence-corrected chi connectivity index (χ3v) is 3.54. The molecule has 1 aromatic rings. The highest BCUT2D eigenvalue weighted by molar-refractivity contribution is 5.70. The van der Waals surface area contributed by atoms with Crippen LogP contribution in [0.25, 0.3) is 0 Å². The van der Waals surface area contributed by atoms with Gasteiger partial charge in [-0.1, -0.05) is 6.42 Å². The van der Waals surface area contributed by atoms with E-state index in [0.717, 1.165) is 25.0 Å². The average molecular weight is 282 g/mol. The van der Waals surface area contributed by atoms with Crippen molar-refractivity contribution in [2.45, 2.75) is 31.7 Å². The summed E-state index contributed by atoms with van der Waals surface area (Å²) in [5, 5.41) is 22.9. The molecule has 0 bridgehead atoms. The number of rotatable bonds is 4. The molecule has 0 radical (unpaired) electrons. The molecule has 0 amide bonds. The Kier molecular flexibility index (Phi) is 4.16. The Morgan fingerprint density at radius 1 is 1.45 bits per heavy atom. The van der Waals surface area contributed by atoms with Gasteiger partial charge in [0, 0.05) is 6.04 Å². The smallest absolute Gasteiger partial charge is 0.306 e. The van der Waals surface area contributed by atoms with Crippen molar-refractivity contribution in [3.8, 4) is 0 Å². The van der Waals surface area contributed by atoms with Gasteiger partial charge in [-0.05, 0) is 31.4 Å². The van der Waals surface area contributed by atoms with Crippen molar-refractivity contribution in [1.29, 1.82) is 0 Å². The molecule has 0 aliphatic heterocycles. The normalized spacial score (nSPS) is 22.2. The maximum atomic E-state index is 13.0. The van der Waals surface area contributed by atoms with E-state index in [1.807, 2.05) is 0 Å². The zero-order valence-corrected chi connectivity index (χ0v) is 10.7. The van der Waals surface area contributed by atoms with E-state index in [2.05, 4.69) is 5.32 Å². The zero-order valence-electron chi connectivity index (χ0n) is 10.7. The second kappa shape index (κ2) is 5.85. The number of nitrogens with zero attached hydrogens (tertiary/aromatic N) is 1. The Bertz CT molecular complexity index is 535. The Morgan fingerprint density at radius 3 is 2.85 bits per heavy atom. The van der Waals surface area contributed by atoms with Crippen molar-refractivity contribution in [2.75, 3.05) is 5.32 Å². The summed E-state index contributed by atoms with van der Waals surface area (Å²) in [6.45, 7) is 0. The molecule has 7 heteroatoms. The first-order valence-corrected chi connectivity index (χ1v) is 6.40. The zero-order chi connectivity index (χ0) is 14.7. The molecule has 2 atom stereocenters. The average Bonchev–Trinajstić information content (AvgIpc) is 2.41. The number of hydrogen-bond donors (Lipinski definition) is 2. The van der Waals surface area contributed by atoms with Gasteiger partial charge in [-0.25, -0.2) is 4.39 Å². The van der Waals surface area contributed by atoms with Gasteiger partial charge in [0.1, 0.15) is 11.5 Å². The first kappa shape index (κ1) is 14.2. The Balaban J connectivity index is 2.13. The van der Waals surface area contributed by atoms with E-state index in [-0.39, 0.29) is 17.4 Å². The number of anilines is 1. The van der Waals surface area contributed by atoms with Crippen LogP contribution in [-0.4, -0.2) is 22.0 Å². The Hall–Kier alpha value is -2.18. The molecule has 1 aliphatic carbocycles. The highest BCUT2D eigenvalue weighted by Gasteiger charge is 2.28. The Morgan fingerprint density at radius 2 is 2.20 bits per heavy atom. The summed E-state index contributed by atoms with van der Waals surface area (Å²) >= 11 is 0. The van der Waals surface area contributed by atoms with Crippen LogP contribution in [0.5, 0.6) is 0 Å². The van der Waals surface area contributed by atoms with Crippen LogP contribution in [0, 0.1) is 21.8 Å². The molecule has 20 heavy (non-hydrogen) atoms. The molecular weight excluding hydrogens is 267 g/mol. The number of carboxylic acids is 1. The van der Waals surface area contributed by atoms with Crippen LogP contribution in [-0.2, 0) is 4.79 Å². The highest BCUT2D eigenvalue weighted by atomic mass is 19.1. The summed E-state index contributed by atoms with van der Waals surface area (Å²) in [7, 11) is 0. The second-order valence-electron chi connectivity index (χ2n) is 4.96. The van der Waals surface area contributed by atoms with Gasteiger partial charge in [0.15, 0.2) is 0 Å². The molecule has 1 saturated carbocycles. The van der Waals surface area contributed by atoms with Crippen molar-refractivity contribution in [3.63, 3.8) is 0 Å². The van der Waals surface area contributed by atoms with Crippen molar-refractivity contribution in [2.24, 2.45) is 5.92 Å². The lowest BCUT2D eigenvalue weighted by Crippen LogP contribution is -2.31. The molecule has 2 unspecified atom stereocenters. The molecule has 1 aromatic carbocycles. The van der Waals surface area contributed by atoms with E-state index in [0.29, 0.717) is 12.8 Å². The molecule has 0 saturated heterocycles. The second-order valence-corrected chi connectivity index (χ2v) is 4.96. The van der Waals surface area contributed by atoms with Crippen LogP contribution in [0.2, 0.25) is 0 Å². The highest BCUT2D eigenvalue weighted by Crippen LogP contribution is 2.31. The first-order valence-electron chi connectivity index (χ1n) is 6.40. The van der Waals surface area contributed by atoms with Gasteiger partial charge >= 0.3 is 5.97 Å². The summed E-state index contributed by atoms with van der Waals surface area (Å²) in [4.78, 5) is 21.2. The number of aliphatic carboxylic acids is 1. The van der Waals surface area contributed by atoms with Gasteiger partial charge in [0.25, 0.3) is 5.69 Å². The molecule has 0 heterocycles. The molecular formula is C13H15FN2O4. The monoisotopic (exact) mass is 282 g/mol. The number of nitrogens with one attached hydrogen (secondary N) is 1. The van der Waals surface area contributed by atoms with Crippen LogP contribution in [0.1, 0.15) is 25.7 Å². The Labute approximate surface area is 114 Å². The van der Waals surface area contributed by atoms with Crippen LogP contribution in [0.4, 0.5) is 15.8 Å². The van der Waals surface area contributed by atoms with E-state index in [9.17, 15) is 19.3 Å². The van der Waals surface area contributed by atoms with Crippen LogP contribution < -0.4 is 5.32 Å². The first-order chi connectivity index (χ1) is 9.47. The summed E-state index contributed by atoms with van der Waals surface area (Å²) in [5.41, 5.74) is -0.102. The fourth-order valence-electron chi connectivity index (χ4n) is 2.54. The summed E-state index contributed by atoms with van der Waals surface area (Å²) in [6.07, 6.45) is 2.55. The van der Waals surface area contributed by atoms with Crippen molar-refractivity contribution < 1.29 is 19.2 Å². The van der Waals surface area contributed by atoms with E-state index in [4.69, 9.17) is 5.11 Å². The van der Waals surface area contributed by atoms with Gasteiger partial charge < -0.3 is 10.4 Å². The third-order valence-electron chi connectivity index (χ3n) is 3.54. The molecule has 108 valence electrons. The van der Waals surface area contributed by atoms with Gasteiger partial charge in [-0.3, -0.25) is 14.9 Å². The van der Waals surface area contributed by atoms with Crippen LogP contribution in [0.3, 0.4) is 0 Å². The number of nitro groups is 1. The van der Waals surface area contributed by atoms with Crippen molar-refractivity contribution in [3.05, 3.63) is 34.1 Å². The molecule has 0 spiro atoms. The van der Waals surface area contributed by atoms with Gasteiger partial charge in [0.05, 0.1) is 16.9 Å². The minimum Gasteiger partial charge on any atom is -0.481 e. The molecule has 6 nitrogen and oxygen atoms in total. The molecule has 1 fully saturated rings. The molecule has 1 aliphatic rings. The van der Waals surface area contributed by atoms with E-state index in [1.165, 1.54) is 6.07 Å². The van der Waals surface area contributed by atoms with Gasteiger partial charge in [0.2, 0.25) is 0 Å². The third kappa shape index (κ3) is 3.23. The van der Waals surface area contributed by atoms with Crippen LogP contribution >= 0.6 is 0 Å². The maximum Gasteiger partial charge on any atom is 0.306 e. The number of carboxylic acid groups (broad SMARTS) is 1. The molecule has 2 N–H and O–H groups in total. The molecule has 2 rings (SSSR count). The number of nitro benzene ring substituents is 1. The summed E-state index contributed by atoms with van der Waals surface area (Å²) in [6, 6.07) is 3.18. The van der Waals surface area contributed by atoms with E-state index in [1.54, 1.807) is 0 Å². The molecule has 0 aromatic heterocycles. The SMILES string of the molecule is O=C(O)C1CCCC(Nc2ccc(F)cc2[N+](=O)[O-])C1. The predicted octanol–water partition coefficient (Wildman–Crippen LogP) is 2.79. The van der Waals surface area contributed by atoms with Crippen LogP contribution in [0.15, 0.2) is 18.2 Å². The van der Waals surface area contributed by atoms with Crippen molar-refractivity contribution in [1.82, 2.24) is 0 Å². The topological polar surface area (TPSA) is 92.5 Å². The maximum absolute atomic E-state index is 13.0. The van der Waals surface area contributed by atoms with Gasteiger partial charge in [-0.2, -0.15) is 0 Å². The van der Waals surface area contributed by atoms with E-state index >= 15 is 0 Å².